The van der Waals surface area contributed by atoms with Gasteiger partial charge in [0.25, 0.3) is 0 Å². The average Bonchev–Trinajstić information content (AvgIpc) is 3.04. The maximum absolute atomic E-state index is 4.81. The van der Waals surface area contributed by atoms with Gasteiger partial charge >= 0.3 is 0 Å². The Labute approximate surface area is 113 Å². The van der Waals surface area contributed by atoms with Gasteiger partial charge in [-0.3, -0.25) is 0 Å². The van der Waals surface area contributed by atoms with Crippen LogP contribution in [0, 0.1) is 11.8 Å². The van der Waals surface area contributed by atoms with Gasteiger partial charge in [-0.2, -0.15) is 4.37 Å². The van der Waals surface area contributed by atoms with Crippen molar-refractivity contribution in [3.05, 3.63) is 5.82 Å². The standard InChI is InChI=1S/C14H21N3S/c1-9-8-17(12-5-3-2-4-11(9)12)14-15-13(16-18-14)10-6-7-10/h9-12H,2-8H2,1H3. The largest absolute Gasteiger partial charge is 0.343 e. The molecule has 2 aliphatic carbocycles. The molecule has 0 bridgehead atoms. The van der Waals surface area contributed by atoms with Gasteiger partial charge in [-0.05, 0) is 37.5 Å². The third-order valence-corrected chi connectivity index (χ3v) is 5.78. The summed E-state index contributed by atoms with van der Waals surface area (Å²) in [5.41, 5.74) is 0. The summed E-state index contributed by atoms with van der Waals surface area (Å²) >= 11 is 1.64. The second kappa shape index (κ2) is 4.19. The minimum absolute atomic E-state index is 0.692. The van der Waals surface area contributed by atoms with E-state index < -0.39 is 0 Å². The predicted octanol–water partition coefficient (Wildman–Crippen LogP) is 3.43. The number of anilines is 1. The molecule has 3 unspecified atom stereocenters. The van der Waals surface area contributed by atoms with Gasteiger partial charge in [0.1, 0.15) is 5.82 Å². The predicted molar refractivity (Wildman–Crippen MR) is 74.1 cm³/mol. The highest BCUT2D eigenvalue weighted by atomic mass is 32.1. The molecule has 1 aromatic heterocycles. The Bertz CT molecular complexity index is 440. The van der Waals surface area contributed by atoms with Crippen LogP contribution in [0.4, 0.5) is 5.13 Å². The fourth-order valence-corrected chi connectivity index (χ4v) is 4.66. The van der Waals surface area contributed by atoms with Gasteiger partial charge in [0.2, 0.25) is 5.13 Å². The van der Waals surface area contributed by atoms with Gasteiger partial charge in [0.05, 0.1) is 0 Å². The van der Waals surface area contributed by atoms with Crippen molar-refractivity contribution in [1.29, 1.82) is 0 Å². The fraction of sp³-hybridized carbons (Fsp3) is 0.857. The van der Waals surface area contributed by atoms with Crippen molar-refractivity contribution in [2.24, 2.45) is 11.8 Å². The van der Waals surface area contributed by atoms with Crippen LogP contribution in [-0.2, 0) is 0 Å². The Balaban J connectivity index is 1.58. The Hall–Kier alpha value is -0.640. The molecule has 98 valence electrons. The number of aromatic nitrogens is 2. The topological polar surface area (TPSA) is 29.0 Å². The van der Waals surface area contributed by atoms with Crippen molar-refractivity contribution in [1.82, 2.24) is 9.36 Å². The lowest BCUT2D eigenvalue weighted by Gasteiger charge is -2.31. The number of hydrogen-bond acceptors (Lipinski definition) is 4. The highest BCUT2D eigenvalue weighted by molar-refractivity contribution is 7.09. The summed E-state index contributed by atoms with van der Waals surface area (Å²) in [7, 11) is 0. The molecule has 1 saturated heterocycles. The van der Waals surface area contributed by atoms with Crippen molar-refractivity contribution < 1.29 is 0 Å². The maximum atomic E-state index is 4.81. The van der Waals surface area contributed by atoms with Gasteiger partial charge < -0.3 is 4.90 Å². The van der Waals surface area contributed by atoms with E-state index in [0.29, 0.717) is 5.92 Å². The quantitative estimate of drug-likeness (QED) is 0.818. The van der Waals surface area contributed by atoms with E-state index in [-0.39, 0.29) is 0 Å². The van der Waals surface area contributed by atoms with Crippen LogP contribution in [0.5, 0.6) is 0 Å². The summed E-state index contributed by atoms with van der Waals surface area (Å²) in [4.78, 5) is 7.39. The molecule has 0 N–H and O–H groups in total. The summed E-state index contributed by atoms with van der Waals surface area (Å²) in [6.45, 7) is 3.63. The van der Waals surface area contributed by atoms with Crippen LogP contribution < -0.4 is 4.90 Å². The van der Waals surface area contributed by atoms with Crippen LogP contribution in [0.2, 0.25) is 0 Å². The zero-order valence-electron chi connectivity index (χ0n) is 11.0. The average molecular weight is 263 g/mol. The van der Waals surface area contributed by atoms with Crippen LogP contribution in [0.15, 0.2) is 0 Å². The summed E-state index contributed by atoms with van der Waals surface area (Å²) in [6, 6.07) is 0.758. The SMILES string of the molecule is CC1CN(c2nc(C3CC3)ns2)C2CCCCC12. The van der Waals surface area contributed by atoms with E-state index in [4.69, 9.17) is 4.98 Å². The normalized spacial score (nSPS) is 35.8. The number of rotatable bonds is 2. The second-order valence-electron chi connectivity index (χ2n) is 6.35. The molecule has 3 nitrogen and oxygen atoms in total. The van der Waals surface area contributed by atoms with Gasteiger partial charge in [-0.25, -0.2) is 4.98 Å². The van der Waals surface area contributed by atoms with Gasteiger partial charge in [-0.15, -0.1) is 0 Å². The zero-order valence-corrected chi connectivity index (χ0v) is 11.8. The smallest absolute Gasteiger partial charge is 0.205 e. The fourth-order valence-electron chi connectivity index (χ4n) is 3.84. The molecule has 3 atom stereocenters. The molecule has 1 aliphatic heterocycles. The third-order valence-electron chi connectivity index (χ3n) is 5.02. The summed E-state index contributed by atoms with van der Waals surface area (Å²) in [6.07, 6.45) is 8.24. The Morgan fingerprint density at radius 2 is 2.00 bits per heavy atom. The molecule has 18 heavy (non-hydrogen) atoms. The molecule has 3 fully saturated rings. The highest BCUT2D eigenvalue weighted by Gasteiger charge is 2.42. The van der Waals surface area contributed by atoms with Crippen molar-refractivity contribution >= 4 is 16.7 Å². The highest BCUT2D eigenvalue weighted by Crippen LogP contribution is 2.44. The summed E-state index contributed by atoms with van der Waals surface area (Å²) < 4.78 is 4.57. The monoisotopic (exact) mass is 263 g/mol. The van der Waals surface area contributed by atoms with E-state index in [0.717, 1.165) is 23.7 Å². The molecule has 2 heterocycles. The van der Waals surface area contributed by atoms with Crippen LogP contribution in [0.25, 0.3) is 0 Å². The summed E-state index contributed by atoms with van der Waals surface area (Å²) in [5, 5.41) is 1.21. The molecular formula is C14H21N3S. The van der Waals surface area contributed by atoms with E-state index >= 15 is 0 Å². The molecule has 1 aromatic rings. The lowest BCUT2D eigenvalue weighted by Crippen LogP contribution is -2.34. The maximum Gasteiger partial charge on any atom is 0.205 e. The van der Waals surface area contributed by atoms with Crippen molar-refractivity contribution in [3.63, 3.8) is 0 Å². The Kier molecular flexibility index (Phi) is 2.61. The van der Waals surface area contributed by atoms with E-state index in [1.807, 2.05) is 0 Å². The number of nitrogens with zero attached hydrogens (tertiary/aromatic N) is 3. The van der Waals surface area contributed by atoms with E-state index in [2.05, 4.69) is 16.2 Å². The summed E-state index contributed by atoms with van der Waals surface area (Å²) in [5.74, 6) is 3.56. The molecule has 0 amide bonds. The van der Waals surface area contributed by atoms with Crippen LogP contribution in [0.3, 0.4) is 0 Å². The van der Waals surface area contributed by atoms with E-state index in [9.17, 15) is 0 Å². The Morgan fingerprint density at radius 1 is 1.17 bits per heavy atom. The minimum Gasteiger partial charge on any atom is -0.343 e. The molecule has 4 heteroatoms. The van der Waals surface area contributed by atoms with E-state index in [1.54, 1.807) is 11.5 Å². The first-order valence-electron chi connectivity index (χ1n) is 7.43. The molecule has 3 aliphatic rings. The molecule has 0 radical (unpaired) electrons. The van der Waals surface area contributed by atoms with Crippen LogP contribution in [-0.4, -0.2) is 21.9 Å². The first kappa shape index (κ1) is 11.2. The second-order valence-corrected chi connectivity index (χ2v) is 7.09. The van der Waals surface area contributed by atoms with Gasteiger partial charge in [0.15, 0.2) is 0 Å². The zero-order chi connectivity index (χ0) is 12.1. The molecule has 0 spiro atoms. The van der Waals surface area contributed by atoms with Crippen molar-refractivity contribution in [2.75, 3.05) is 11.4 Å². The van der Waals surface area contributed by atoms with Crippen molar-refractivity contribution in [2.45, 2.75) is 57.4 Å². The minimum atomic E-state index is 0.692. The van der Waals surface area contributed by atoms with Crippen LogP contribution in [0.1, 0.15) is 57.2 Å². The van der Waals surface area contributed by atoms with Gasteiger partial charge in [0, 0.05) is 30.0 Å². The first-order valence-corrected chi connectivity index (χ1v) is 8.20. The van der Waals surface area contributed by atoms with E-state index in [1.165, 1.54) is 50.2 Å². The molecule has 0 aromatic carbocycles. The third kappa shape index (κ3) is 1.77. The lowest BCUT2D eigenvalue weighted by molar-refractivity contribution is 0.293. The molecule has 4 rings (SSSR count). The van der Waals surface area contributed by atoms with Crippen LogP contribution >= 0.6 is 11.5 Å². The van der Waals surface area contributed by atoms with Crippen molar-refractivity contribution in [3.8, 4) is 0 Å². The number of hydrogen-bond donors (Lipinski definition) is 0. The Morgan fingerprint density at radius 3 is 2.83 bits per heavy atom. The first-order chi connectivity index (χ1) is 8.83. The van der Waals surface area contributed by atoms with Gasteiger partial charge in [-0.1, -0.05) is 19.8 Å². The number of fused-ring (bicyclic) bond motifs is 1. The molecular weight excluding hydrogens is 242 g/mol. The molecule has 2 saturated carbocycles. The lowest BCUT2D eigenvalue weighted by atomic mass is 9.80.